The third-order valence-corrected chi connectivity index (χ3v) is 4.01. The van der Waals surface area contributed by atoms with E-state index < -0.39 is 16.9 Å². The van der Waals surface area contributed by atoms with E-state index >= 15 is 0 Å². The zero-order valence-electron chi connectivity index (χ0n) is 13.8. The van der Waals surface area contributed by atoms with Crippen LogP contribution in [-0.2, 0) is 11.3 Å². The van der Waals surface area contributed by atoms with Crippen LogP contribution < -0.4 is 11.2 Å². The number of β-amino-alcohol motifs (C(OH)–C–C–N with tert-alkyl or cyclic N) is 1. The number of amides is 1. The second-order valence-corrected chi connectivity index (χ2v) is 6.58. The van der Waals surface area contributed by atoms with E-state index in [1.165, 1.54) is 10.8 Å². The highest BCUT2D eigenvalue weighted by Gasteiger charge is 2.35. The molecule has 1 aromatic heterocycles. The Morgan fingerprint density at radius 2 is 2.13 bits per heavy atom. The number of hydrogen-bond donors (Lipinski definition) is 2. The summed E-state index contributed by atoms with van der Waals surface area (Å²) in [5.74, 6) is -0.240. The smallest absolute Gasteiger partial charge is 0.328 e. The third kappa shape index (κ3) is 4.29. The van der Waals surface area contributed by atoms with Crippen molar-refractivity contribution >= 4 is 5.91 Å². The molecule has 1 aliphatic heterocycles. The molecule has 23 heavy (non-hydrogen) atoms. The van der Waals surface area contributed by atoms with E-state index in [0.29, 0.717) is 25.1 Å². The van der Waals surface area contributed by atoms with E-state index in [2.05, 4.69) is 4.98 Å². The van der Waals surface area contributed by atoms with Crippen LogP contribution in [0.2, 0.25) is 0 Å². The van der Waals surface area contributed by atoms with Gasteiger partial charge in [0.2, 0.25) is 5.91 Å². The Bertz CT molecular complexity index is 693. The van der Waals surface area contributed by atoms with Gasteiger partial charge in [-0.1, -0.05) is 0 Å². The molecule has 2 heterocycles. The molecular weight excluding hydrogens is 300 g/mol. The molecule has 0 bridgehead atoms. The summed E-state index contributed by atoms with van der Waals surface area (Å²) in [5, 5.41) is 10.6. The molecule has 2 rings (SSSR count). The summed E-state index contributed by atoms with van der Waals surface area (Å²) >= 11 is 0. The van der Waals surface area contributed by atoms with Gasteiger partial charge in [-0.05, 0) is 33.9 Å². The number of carbonyl (C=O) groups excluding carboxylic acids is 1. The molecule has 128 valence electrons. The first-order valence-corrected chi connectivity index (χ1v) is 7.65. The first kappa shape index (κ1) is 17.4. The number of piperidine rings is 1. The summed E-state index contributed by atoms with van der Waals surface area (Å²) in [6.45, 7) is 2.73. The van der Waals surface area contributed by atoms with Crippen LogP contribution in [0, 0.1) is 6.92 Å². The zero-order valence-corrected chi connectivity index (χ0v) is 13.8. The highest BCUT2D eigenvalue weighted by atomic mass is 16.3. The minimum atomic E-state index is -0.927. The second-order valence-electron chi connectivity index (χ2n) is 6.58. The van der Waals surface area contributed by atoms with Crippen LogP contribution in [0.3, 0.4) is 0 Å². The van der Waals surface area contributed by atoms with E-state index in [1.54, 1.807) is 11.8 Å². The van der Waals surface area contributed by atoms with Crippen LogP contribution in [0.4, 0.5) is 0 Å². The summed E-state index contributed by atoms with van der Waals surface area (Å²) in [6.07, 6.45) is 2.75. The Morgan fingerprint density at radius 1 is 1.43 bits per heavy atom. The normalized spacial score (nSPS) is 21.7. The molecule has 8 heteroatoms. The molecule has 0 unspecified atom stereocenters. The Balaban J connectivity index is 2.10. The summed E-state index contributed by atoms with van der Waals surface area (Å²) in [7, 11) is 3.75. The molecule has 1 atom stereocenters. The van der Waals surface area contributed by atoms with Gasteiger partial charge < -0.3 is 14.9 Å². The maximum absolute atomic E-state index is 12.4. The van der Waals surface area contributed by atoms with E-state index in [-0.39, 0.29) is 19.0 Å². The molecule has 1 aromatic rings. The summed E-state index contributed by atoms with van der Waals surface area (Å²) in [5.41, 5.74) is -1.60. The predicted octanol–water partition coefficient (Wildman–Crippen LogP) is -1.24. The van der Waals surface area contributed by atoms with Crippen molar-refractivity contribution in [1.29, 1.82) is 0 Å². The van der Waals surface area contributed by atoms with Gasteiger partial charge in [-0.2, -0.15) is 0 Å². The Morgan fingerprint density at radius 3 is 2.78 bits per heavy atom. The number of nitrogens with zero attached hydrogens (tertiary/aromatic N) is 3. The molecule has 0 saturated carbocycles. The molecule has 1 aliphatic rings. The number of aromatic amines is 1. The summed E-state index contributed by atoms with van der Waals surface area (Å²) in [4.78, 5) is 41.2. The number of rotatable bonds is 4. The third-order valence-electron chi connectivity index (χ3n) is 4.01. The van der Waals surface area contributed by atoms with Gasteiger partial charge in [0.25, 0.3) is 5.56 Å². The van der Waals surface area contributed by atoms with Crippen molar-refractivity contribution in [2.75, 3.05) is 33.7 Å². The fourth-order valence-electron chi connectivity index (χ4n) is 3.02. The highest BCUT2D eigenvalue weighted by Crippen LogP contribution is 2.22. The standard InChI is InChI=1S/C15H24N4O4/c1-11-7-19(14(22)16-13(11)21)8-12(20)18-6-4-5-15(23,10-18)9-17(2)3/h7,23H,4-6,8-10H2,1-3H3,(H,16,21,22)/t15-/m0/s1. The quantitative estimate of drug-likeness (QED) is 0.722. The lowest BCUT2D eigenvalue weighted by Gasteiger charge is -2.40. The van der Waals surface area contributed by atoms with Gasteiger partial charge in [-0.25, -0.2) is 4.79 Å². The van der Waals surface area contributed by atoms with Gasteiger partial charge in [0.05, 0.1) is 12.1 Å². The fraction of sp³-hybridized carbons (Fsp3) is 0.667. The average molecular weight is 324 g/mol. The lowest BCUT2D eigenvalue weighted by molar-refractivity contribution is -0.139. The van der Waals surface area contributed by atoms with Crippen LogP contribution in [0.5, 0.6) is 0 Å². The Labute approximate surface area is 134 Å². The van der Waals surface area contributed by atoms with Gasteiger partial charge in [-0.15, -0.1) is 0 Å². The Hall–Kier alpha value is -1.93. The van der Waals surface area contributed by atoms with Gasteiger partial charge in [-0.3, -0.25) is 19.1 Å². The van der Waals surface area contributed by atoms with Crippen molar-refractivity contribution in [2.24, 2.45) is 0 Å². The fourth-order valence-corrected chi connectivity index (χ4v) is 3.02. The first-order valence-electron chi connectivity index (χ1n) is 7.65. The molecule has 0 aliphatic carbocycles. The maximum Gasteiger partial charge on any atom is 0.328 e. The van der Waals surface area contributed by atoms with Gasteiger partial charge in [0.1, 0.15) is 6.54 Å². The highest BCUT2D eigenvalue weighted by molar-refractivity contribution is 5.76. The number of carbonyl (C=O) groups is 1. The van der Waals surface area contributed by atoms with Crippen LogP contribution in [0.15, 0.2) is 15.8 Å². The van der Waals surface area contributed by atoms with Crippen LogP contribution >= 0.6 is 0 Å². The molecule has 0 spiro atoms. The number of aryl methyl sites for hydroxylation is 1. The predicted molar refractivity (Wildman–Crippen MR) is 85.4 cm³/mol. The number of H-pyrrole nitrogens is 1. The first-order chi connectivity index (χ1) is 10.7. The van der Waals surface area contributed by atoms with E-state index in [9.17, 15) is 19.5 Å². The minimum absolute atomic E-state index is 0.144. The van der Waals surface area contributed by atoms with Crippen molar-refractivity contribution in [3.63, 3.8) is 0 Å². The molecular formula is C15H24N4O4. The molecule has 1 amide bonds. The second kappa shape index (κ2) is 6.67. The topological polar surface area (TPSA) is 98.6 Å². The number of aromatic nitrogens is 2. The van der Waals surface area contributed by atoms with Crippen molar-refractivity contribution < 1.29 is 9.90 Å². The molecule has 0 radical (unpaired) electrons. The number of nitrogens with one attached hydrogen (secondary N) is 1. The largest absolute Gasteiger partial charge is 0.387 e. The molecule has 8 nitrogen and oxygen atoms in total. The van der Waals surface area contributed by atoms with E-state index in [4.69, 9.17) is 0 Å². The van der Waals surface area contributed by atoms with E-state index in [1.807, 2.05) is 19.0 Å². The number of aliphatic hydroxyl groups is 1. The number of likely N-dealkylation sites (N-methyl/N-ethyl adjacent to an activating group) is 1. The van der Waals surface area contributed by atoms with Crippen molar-refractivity contribution in [3.8, 4) is 0 Å². The van der Waals surface area contributed by atoms with Crippen molar-refractivity contribution in [2.45, 2.75) is 31.9 Å². The van der Waals surface area contributed by atoms with Crippen LogP contribution in [-0.4, -0.2) is 69.7 Å². The summed E-state index contributed by atoms with van der Waals surface area (Å²) in [6, 6.07) is 0. The number of likely N-dealkylation sites (tertiary alicyclic amines) is 1. The molecule has 1 saturated heterocycles. The lowest BCUT2D eigenvalue weighted by Crippen LogP contribution is -2.55. The molecule has 0 aromatic carbocycles. The van der Waals surface area contributed by atoms with Crippen LogP contribution in [0.25, 0.3) is 0 Å². The summed E-state index contributed by atoms with van der Waals surface area (Å²) < 4.78 is 1.19. The minimum Gasteiger partial charge on any atom is -0.387 e. The monoisotopic (exact) mass is 324 g/mol. The SMILES string of the molecule is Cc1cn(CC(=O)N2CCC[C@](O)(CN(C)C)C2)c(=O)[nH]c1=O. The van der Waals surface area contributed by atoms with E-state index in [0.717, 1.165) is 6.42 Å². The lowest BCUT2D eigenvalue weighted by atomic mass is 9.92. The van der Waals surface area contributed by atoms with Crippen molar-refractivity contribution in [3.05, 3.63) is 32.6 Å². The Kier molecular flexibility index (Phi) is 5.06. The van der Waals surface area contributed by atoms with Gasteiger partial charge in [0, 0.05) is 24.8 Å². The van der Waals surface area contributed by atoms with Crippen molar-refractivity contribution in [1.82, 2.24) is 19.4 Å². The van der Waals surface area contributed by atoms with Gasteiger partial charge in [0.15, 0.2) is 0 Å². The van der Waals surface area contributed by atoms with Gasteiger partial charge >= 0.3 is 5.69 Å². The number of hydrogen-bond acceptors (Lipinski definition) is 5. The maximum atomic E-state index is 12.4. The molecule has 1 fully saturated rings. The van der Waals surface area contributed by atoms with Crippen LogP contribution in [0.1, 0.15) is 18.4 Å². The average Bonchev–Trinajstić information content (AvgIpc) is 2.43. The molecule has 2 N–H and O–H groups in total. The zero-order chi connectivity index (χ0) is 17.2.